The Balaban J connectivity index is 1.91. The van der Waals surface area contributed by atoms with E-state index in [9.17, 15) is 5.11 Å². The van der Waals surface area contributed by atoms with Crippen LogP contribution in [0.3, 0.4) is 0 Å². The van der Waals surface area contributed by atoms with Gasteiger partial charge in [0.1, 0.15) is 17.7 Å². The second kappa shape index (κ2) is 8.92. The Kier molecular flexibility index (Phi) is 6.90. The number of rotatable bonds is 9. The molecule has 7 heteroatoms. The van der Waals surface area contributed by atoms with Crippen LogP contribution in [0.1, 0.15) is 25.3 Å². The Hall–Kier alpha value is -1.76. The summed E-state index contributed by atoms with van der Waals surface area (Å²) < 4.78 is 16.5. The van der Waals surface area contributed by atoms with Crippen LogP contribution in [0.4, 0.5) is 0 Å². The van der Waals surface area contributed by atoms with Crippen molar-refractivity contribution in [3.8, 4) is 11.5 Å². The first-order chi connectivity index (χ1) is 11.5. The molecular formula is C17H23ClN2O4. The van der Waals surface area contributed by atoms with Gasteiger partial charge in [-0.1, -0.05) is 42.7 Å². The van der Waals surface area contributed by atoms with Crippen LogP contribution in [0, 0.1) is 6.92 Å². The van der Waals surface area contributed by atoms with E-state index in [1.54, 1.807) is 19.1 Å². The molecule has 0 bridgehead atoms. The molecule has 0 aliphatic heterocycles. The molecular weight excluding hydrogens is 332 g/mol. The zero-order valence-corrected chi connectivity index (χ0v) is 14.8. The highest BCUT2D eigenvalue weighted by atomic mass is 35.5. The SMILES string of the molecule is Cc1noc(COc2ccccc2OCC(O)CNC(C)C)c1Cl. The van der Waals surface area contributed by atoms with Crippen molar-refractivity contribution in [2.75, 3.05) is 13.2 Å². The van der Waals surface area contributed by atoms with Crippen LogP contribution in [-0.4, -0.2) is 35.6 Å². The summed E-state index contributed by atoms with van der Waals surface area (Å²) in [7, 11) is 0. The number of aliphatic hydroxyl groups excluding tert-OH is 1. The Morgan fingerprint density at radius 1 is 1.25 bits per heavy atom. The van der Waals surface area contributed by atoms with Crippen molar-refractivity contribution in [1.82, 2.24) is 10.5 Å². The summed E-state index contributed by atoms with van der Waals surface area (Å²) in [5.41, 5.74) is 0.626. The molecule has 2 aromatic rings. The average Bonchev–Trinajstić information content (AvgIpc) is 2.88. The van der Waals surface area contributed by atoms with Crippen LogP contribution >= 0.6 is 11.6 Å². The number of aryl methyl sites for hydroxylation is 1. The van der Waals surface area contributed by atoms with Crippen LogP contribution in [0.15, 0.2) is 28.8 Å². The minimum Gasteiger partial charge on any atom is -0.487 e. The van der Waals surface area contributed by atoms with Gasteiger partial charge in [0, 0.05) is 12.6 Å². The van der Waals surface area contributed by atoms with Gasteiger partial charge >= 0.3 is 0 Å². The van der Waals surface area contributed by atoms with Crippen LogP contribution in [0.2, 0.25) is 5.02 Å². The fraction of sp³-hybridized carbons (Fsp3) is 0.471. The highest BCUT2D eigenvalue weighted by molar-refractivity contribution is 6.31. The zero-order chi connectivity index (χ0) is 17.5. The number of hydrogen-bond donors (Lipinski definition) is 2. The quantitative estimate of drug-likeness (QED) is 0.721. The van der Waals surface area contributed by atoms with E-state index in [-0.39, 0.29) is 13.2 Å². The summed E-state index contributed by atoms with van der Waals surface area (Å²) in [6.07, 6.45) is -0.605. The monoisotopic (exact) mass is 354 g/mol. The van der Waals surface area contributed by atoms with E-state index in [0.29, 0.717) is 40.6 Å². The number of aliphatic hydroxyl groups is 1. The first-order valence-electron chi connectivity index (χ1n) is 7.84. The van der Waals surface area contributed by atoms with E-state index in [0.717, 1.165) is 0 Å². The standard InChI is InChI=1S/C17H23ClN2O4/c1-11(2)19-8-13(21)9-22-14-6-4-5-7-15(14)23-10-16-17(18)12(3)20-24-16/h4-7,11,13,19,21H,8-10H2,1-3H3. The third-order valence-electron chi connectivity index (χ3n) is 3.26. The summed E-state index contributed by atoms with van der Waals surface area (Å²) in [6.45, 7) is 6.59. The third-order valence-corrected chi connectivity index (χ3v) is 3.74. The van der Waals surface area contributed by atoms with Gasteiger partial charge in [0.15, 0.2) is 23.9 Å². The van der Waals surface area contributed by atoms with Crippen molar-refractivity contribution in [1.29, 1.82) is 0 Å². The maximum absolute atomic E-state index is 9.93. The molecule has 0 fully saturated rings. The molecule has 0 amide bonds. The van der Waals surface area contributed by atoms with Crippen LogP contribution < -0.4 is 14.8 Å². The highest BCUT2D eigenvalue weighted by Gasteiger charge is 2.13. The highest BCUT2D eigenvalue weighted by Crippen LogP contribution is 2.29. The molecule has 0 aliphatic rings. The molecule has 1 aromatic carbocycles. The Labute approximate surface area is 146 Å². The summed E-state index contributed by atoms with van der Waals surface area (Å²) in [5, 5.41) is 17.3. The lowest BCUT2D eigenvalue weighted by Gasteiger charge is -2.16. The van der Waals surface area contributed by atoms with Crippen molar-refractivity contribution in [3.05, 3.63) is 40.7 Å². The summed E-state index contributed by atoms with van der Waals surface area (Å²) in [4.78, 5) is 0. The second-order valence-corrected chi connectivity index (χ2v) is 6.15. The Morgan fingerprint density at radius 3 is 2.50 bits per heavy atom. The molecule has 0 saturated carbocycles. The van der Waals surface area contributed by atoms with Crippen molar-refractivity contribution >= 4 is 11.6 Å². The predicted octanol–water partition coefficient (Wildman–Crippen LogP) is 2.95. The molecule has 2 rings (SSSR count). The molecule has 6 nitrogen and oxygen atoms in total. The molecule has 0 spiro atoms. The van der Waals surface area contributed by atoms with Gasteiger partial charge < -0.3 is 24.4 Å². The van der Waals surface area contributed by atoms with Gasteiger partial charge in [0.05, 0.1) is 5.69 Å². The van der Waals surface area contributed by atoms with Crippen molar-refractivity contribution < 1.29 is 19.1 Å². The molecule has 0 radical (unpaired) electrons. The summed E-state index contributed by atoms with van der Waals surface area (Å²) in [5.74, 6) is 1.56. The topological polar surface area (TPSA) is 76.8 Å². The van der Waals surface area contributed by atoms with Crippen LogP contribution in [0.5, 0.6) is 11.5 Å². The molecule has 0 aliphatic carbocycles. The number of hydrogen-bond acceptors (Lipinski definition) is 6. The number of ether oxygens (including phenoxy) is 2. The van der Waals surface area contributed by atoms with Crippen molar-refractivity contribution in [3.63, 3.8) is 0 Å². The minimum atomic E-state index is -0.605. The molecule has 132 valence electrons. The molecule has 1 aromatic heterocycles. The van der Waals surface area contributed by atoms with Gasteiger partial charge in [0.25, 0.3) is 0 Å². The zero-order valence-electron chi connectivity index (χ0n) is 14.1. The van der Waals surface area contributed by atoms with E-state index < -0.39 is 6.10 Å². The van der Waals surface area contributed by atoms with Gasteiger partial charge in [-0.2, -0.15) is 0 Å². The fourth-order valence-electron chi connectivity index (χ4n) is 1.94. The van der Waals surface area contributed by atoms with Gasteiger partial charge in [-0.05, 0) is 19.1 Å². The summed E-state index contributed by atoms with van der Waals surface area (Å²) >= 11 is 6.07. The molecule has 2 N–H and O–H groups in total. The average molecular weight is 355 g/mol. The number of nitrogens with one attached hydrogen (secondary N) is 1. The first-order valence-corrected chi connectivity index (χ1v) is 8.22. The lowest BCUT2D eigenvalue weighted by Crippen LogP contribution is -2.35. The Morgan fingerprint density at radius 2 is 1.92 bits per heavy atom. The number of aromatic nitrogens is 1. The molecule has 0 saturated heterocycles. The molecule has 1 atom stereocenters. The third kappa shape index (κ3) is 5.40. The van der Waals surface area contributed by atoms with E-state index in [4.69, 9.17) is 25.6 Å². The number of benzene rings is 1. The van der Waals surface area contributed by atoms with Gasteiger partial charge in [-0.15, -0.1) is 0 Å². The van der Waals surface area contributed by atoms with Crippen molar-refractivity contribution in [2.24, 2.45) is 0 Å². The maximum atomic E-state index is 9.93. The second-order valence-electron chi connectivity index (χ2n) is 5.77. The normalized spacial score (nSPS) is 12.4. The minimum absolute atomic E-state index is 0.150. The fourth-order valence-corrected chi connectivity index (χ4v) is 2.07. The Bertz CT molecular complexity index is 645. The lowest BCUT2D eigenvalue weighted by atomic mass is 10.3. The maximum Gasteiger partial charge on any atom is 0.192 e. The first kappa shape index (κ1) is 18.6. The van der Waals surface area contributed by atoms with E-state index in [1.807, 2.05) is 26.0 Å². The summed E-state index contributed by atoms with van der Waals surface area (Å²) in [6, 6.07) is 7.56. The van der Waals surface area contributed by atoms with E-state index in [1.165, 1.54) is 0 Å². The molecule has 1 heterocycles. The van der Waals surface area contributed by atoms with Gasteiger partial charge in [-0.25, -0.2) is 0 Å². The largest absolute Gasteiger partial charge is 0.487 e. The molecule has 1 unspecified atom stereocenters. The number of halogens is 1. The number of nitrogens with zero attached hydrogens (tertiary/aromatic N) is 1. The number of para-hydroxylation sites is 2. The van der Waals surface area contributed by atoms with Gasteiger partial charge in [0.2, 0.25) is 0 Å². The van der Waals surface area contributed by atoms with E-state index >= 15 is 0 Å². The van der Waals surface area contributed by atoms with Crippen LogP contribution in [0.25, 0.3) is 0 Å². The van der Waals surface area contributed by atoms with E-state index in [2.05, 4.69) is 10.5 Å². The van der Waals surface area contributed by atoms with Crippen molar-refractivity contribution in [2.45, 2.75) is 39.5 Å². The smallest absolute Gasteiger partial charge is 0.192 e. The predicted molar refractivity (Wildman–Crippen MR) is 91.7 cm³/mol. The van der Waals surface area contributed by atoms with Gasteiger partial charge in [-0.3, -0.25) is 0 Å². The lowest BCUT2D eigenvalue weighted by molar-refractivity contribution is 0.102. The molecule has 24 heavy (non-hydrogen) atoms. The van der Waals surface area contributed by atoms with Crippen LogP contribution in [-0.2, 0) is 6.61 Å².